The van der Waals surface area contributed by atoms with Crippen LogP contribution in [0.2, 0.25) is 0 Å². The number of rotatable bonds is 8. The summed E-state index contributed by atoms with van der Waals surface area (Å²) in [6.45, 7) is 1.07. The van der Waals surface area contributed by atoms with Crippen molar-refractivity contribution >= 4 is 23.3 Å². The van der Waals surface area contributed by atoms with Crippen molar-refractivity contribution in [2.75, 3.05) is 25.5 Å². The molecule has 1 aliphatic rings. The van der Waals surface area contributed by atoms with Gasteiger partial charge in [-0.2, -0.15) is 13.2 Å². The molecule has 9 nitrogen and oxygen atoms in total. The Kier molecular flexibility index (Phi) is 7.88. The second kappa shape index (κ2) is 11.3. The molecule has 0 aliphatic carbocycles. The van der Waals surface area contributed by atoms with Crippen molar-refractivity contribution in [2.45, 2.75) is 12.7 Å². The van der Waals surface area contributed by atoms with Gasteiger partial charge in [0.15, 0.2) is 0 Å². The van der Waals surface area contributed by atoms with E-state index in [-0.39, 0.29) is 35.8 Å². The molecule has 3 aromatic rings. The molecule has 1 aliphatic heterocycles. The zero-order valence-electron chi connectivity index (χ0n) is 20.6. The molecule has 202 valence electrons. The average molecular weight is 542 g/mol. The maximum atomic E-state index is 14.8. The molecule has 2 aromatic carbocycles. The Labute approximate surface area is 220 Å². The Morgan fingerprint density at radius 1 is 1.21 bits per heavy atom. The first kappa shape index (κ1) is 27.2. The van der Waals surface area contributed by atoms with Crippen molar-refractivity contribution in [3.05, 3.63) is 89.3 Å². The van der Waals surface area contributed by atoms with Gasteiger partial charge in [-0.3, -0.25) is 4.79 Å². The van der Waals surface area contributed by atoms with E-state index in [1.807, 2.05) is 0 Å². The first-order valence-electron chi connectivity index (χ1n) is 11.7. The summed E-state index contributed by atoms with van der Waals surface area (Å²) >= 11 is 0. The second-order valence-corrected chi connectivity index (χ2v) is 8.43. The molecule has 0 unspecified atom stereocenters. The fourth-order valence-corrected chi connectivity index (χ4v) is 3.89. The summed E-state index contributed by atoms with van der Waals surface area (Å²) in [5.74, 6) is -2.18. The topological polar surface area (TPSA) is 123 Å². The highest BCUT2D eigenvalue weighted by molar-refractivity contribution is 6.11. The van der Waals surface area contributed by atoms with Crippen LogP contribution in [0.4, 0.5) is 28.0 Å². The van der Waals surface area contributed by atoms with E-state index >= 15 is 0 Å². The van der Waals surface area contributed by atoms with Crippen LogP contribution in [0.1, 0.15) is 27.3 Å². The molecule has 1 saturated heterocycles. The van der Waals surface area contributed by atoms with Crippen LogP contribution in [0, 0.1) is 11.2 Å². The number of urea groups is 1. The molecule has 1 fully saturated rings. The summed E-state index contributed by atoms with van der Waals surface area (Å²) in [5.41, 5.74) is -2.40. The van der Waals surface area contributed by atoms with Gasteiger partial charge in [0, 0.05) is 31.3 Å². The molecule has 0 bridgehead atoms. The van der Waals surface area contributed by atoms with E-state index in [2.05, 4.69) is 25.9 Å². The Bertz CT molecular complexity index is 1440. The Morgan fingerprint density at radius 3 is 2.59 bits per heavy atom. The van der Waals surface area contributed by atoms with Crippen molar-refractivity contribution in [1.82, 2.24) is 25.5 Å². The zero-order valence-corrected chi connectivity index (χ0v) is 20.6. The maximum Gasteiger partial charge on any atom is 0.417 e. The molecule has 0 radical (unpaired) electrons. The number of carbonyl (C=O) groups excluding carboxylic acids is 2. The number of hydrogen-bond donors (Lipinski definition) is 4. The molecule has 4 N–H and O–H groups in total. The van der Waals surface area contributed by atoms with Crippen LogP contribution in [0.3, 0.4) is 0 Å². The van der Waals surface area contributed by atoms with E-state index in [9.17, 15) is 27.2 Å². The summed E-state index contributed by atoms with van der Waals surface area (Å²) in [6, 6.07) is 9.32. The molecule has 1 aromatic heterocycles. The van der Waals surface area contributed by atoms with Crippen molar-refractivity contribution in [3.8, 4) is 11.3 Å². The van der Waals surface area contributed by atoms with Gasteiger partial charge >= 0.3 is 12.2 Å². The number of aromatic nitrogens is 2. The van der Waals surface area contributed by atoms with Crippen molar-refractivity contribution in [3.63, 3.8) is 0 Å². The Hall–Kier alpha value is -4.81. The number of allylic oxidation sites excluding steroid dienone is 1. The summed E-state index contributed by atoms with van der Waals surface area (Å²) in [5, 5.41) is 15.8. The van der Waals surface area contributed by atoms with Crippen LogP contribution in [0.25, 0.3) is 11.3 Å². The predicted octanol–water partition coefficient (Wildman–Crippen LogP) is 4.18. The van der Waals surface area contributed by atoms with Gasteiger partial charge in [-0.15, -0.1) is 0 Å². The van der Waals surface area contributed by atoms with Gasteiger partial charge in [0.25, 0.3) is 5.91 Å². The van der Waals surface area contributed by atoms with Crippen LogP contribution in [-0.4, -0.2) is 52.7 Å². The third-order valence-electron chi connectivity index (χ3n) is 5.78. The van der Waals surface area contributed by atoms with E-state index in [4.69, 9.17) is 5.41 Å². The molecule has 3 amide bonds. The SMILES string of the molecule is CN/C=C\C(=N)c1cc(C(=O)Nc2cnc(CN3CCNC3=O)nc2-c2ccccc2)c(F)cc1C(F)(F)F. The molecule has 39 heavy (non-hydrogen) atoms. The van der Waals surface area contributed by atoms with Crippen LogP contribution < -0.4 is 16.0 Å². The van der Waals surface area contributed by atoms with Crippen molar-refractivity contribution in [2.24, 2.45) is 0 Å². The molecular weight excluding hydrogens is 518 g/mol. The smallest absolute Gasteiger partial charge is 0.394 e. The lowest BCUT2D eigenvalue weighted by Crippen LogP contribution is -2.28. The first-order chi connectivity index (χ1) is 18.6. The highest BCUT2D eigenvalue weighted by Gasteiger charge is 2.36. The van der Waals surface area contributed by atoms with Gasteiger partial charge in [0.1, 0.15) is 11.6 Å². The standard InChI is InChI=1S/C26H23F4N7O2/c1-32-8-7-20(31)16-11-17(19(27)12-18(16)26(28,29)30)24(38)35-21-13-34-22(14-37-10-9-33-25(37)39)36-23(21)15-5-3-2-4-6-15/h2-8,11-13,31-32H,9-10,14H2,1H3,(H,33,39)(H,35,38)/b8-7-,31-20?. The van der Waals surface area contributed by atoms with Gasteiger partial charge in [-0.05, 0) is 24.4 Å². The third-order valence-corrected chi connectivity index (χ3v) is 5.78. The highest BCUT2D eigenvalue weighted by atomic mass is 19.4. The lowest BCUT2D eigenvalue weighted by molar-refractivity contribution is -0.137. The molecule has 0 saturated carbocycles. The van der Waals surface area contributed by atoms with Gasteiger partial charge < -0.3 is 26.3 Å². The lowest BCUT2D eigenvalue weighted by atomic mass is 9.98. The largest absolute Gasteiger partial charge is 0.417 e. The molecule has 13 heteroatoms. The number of nitrogens with one attached hydrogen (secondary N) is 4. The minimum absolute atomic E-state index is 0.0758. The summed E-state index contributed by atoms with van der Waals surface area (Å²) in [6.07, 6.45) is -1.37. The van der Waals surface area contributed by atoms with Crippen LogP contribution >= 0.6 is 0 Å². The number of hydrogen-bond acceptors (Lipinski definition) is 6. The molecule has 4 rings (SSSR count). The second-order valence-electron chi connectivity index (χ2n) is 8.43. The summed E-state index contributed by atoms with van der Waals surface area (Å²) in [7, 11) is 1.50. The minimum Gasteiger partial charge on any atom is -0.394 e. The molecule has 2 heterocycles. The maximum absolute atomic E-state index is 14.8. The quantitative estimate of drug-likeness (QED) is 0.252. The van der Waals surface area contributed by atoms with Crippen LogP contribution in [0.5, 0.6) is 0 Å². The van der Waals surface area contributed by atoms with E-state index in [1.165, 1.54) is 24.3 Å². The number of anilines is 1. The van der Waals surface area contributed by atoms with Crippen molar-refractivity contribution in [1.29, 1.82) is 5.41 Å². The highest BCUT2D eigenvalue weighted by Crippen LogP contribution is 2.34. The number of nitrogens with zero attached hydrogens (tertiary/aromatic N) is 3. The van der Waals surface area contributed by atoms with Gasteiger partial charge in [0.05, 0.1) is 41.0 Å². The fourth-order valence-electron chi connectivity index (χ4n) is 3.89. The minimum atomic E-state index is -4.96. The number of amides is 3. The van der Waals surface area contributed by atoms with Gasteiger partial charge in [-0.1, -0.05) is 30.3 Å². The van der Waals surface area contributed by atoms with Gasteiger partial charge in [0.2, 0.25) is 0 Å². The Morgan fingerprint density at radius 2 is 1.95 bits per heavy atom. The molecule has 0 atom stereocenters. The van der Waals surface area contributed by atoms with E-state index in [0.29, 0.717) is 24.7 Å². The first-order valence-corrected chi connectivity index (χ1v) is 11.7. The lowest BCUT2D eigenvalue weighted by Gasteiger charge is -2.17. The number of halogens is 4. The monoisotopic (exact) mass is 541 g/mol. The number of alkyl halides is 3. The van der Waals surface area contributed by atoms with E-state index in [1.54, 1.807) is 30.3 Å². The summed E-state index contributed by atoms with van der Waals surface area (Å²) < 4.78 is 55.6. The average Bonchev–Trinajstić information content (AvgIpc) is 3.31. The van der Waals surface area contributed by atoms with Crippen LogP contribution in [0.15, 0.2) is 60.9 Å². The predicted molar refractivity (Wildman–Crippen MR) is 136 cm³/mol. The van der Waals surface area contributed by atoms with Crippen LogP contribution in [-0.2, 0) is 12.7 Å². The van der Waals surface area contributed by atoms with E-state index in [0.717, 1.165) is 6.08 Å². The van der Waals surface area contributed by atoms with E-state index < -0.39 is 40.3 Å². The van der Waals surface area contributed by atoms with Crippen molar-refractivity contribution < 1.29 is 27.2 Å². The number of benzene rings is 2. The Balaban J connectivity index is 1.71. The normalized spacial score (nSPS) is 13.5. The number of carbonyl (C=O) groups is 2. The fraction of sp³-hybridized carbons (Fsp3) is 0.192. The molecular formula is C26H23F4N7O2. The third kappa shape index (κ3) is 6.20. The molecule has 0 spiro atoms. The zero-order chi connectivity index (χ0) is 28.2. The van der Waals surface area contributed by atoms with Gasteiger partial charge in [-0.25, -0.2) is 19.2 Å². The summed E-state index contributed by atoms with van der Waals surface area (Å²) in [4.78, 5) is 35.3.